The summed E-state index contributed by atoms with van der Waals surface area (Å²) < 4.78 is 0. The predicted octanol–water partition coefficient (Wildman–Crippen LogP) is 0.853. The van der Waals surface area contributed by atoms with E-state index in [2.05, 4.69) is 4.90 Å². The number of aliphatic hydroxyl groups excluding tert-OH is 1. The molecule has 60 valence electrons. The molecule has 1 atom stereocenters. The third-order valence-electron chi connectivity index (χ3n) is 2.14. The fraction of sp³-hybridized carbons (Fsp3) is 1.00. The van der Waals surface area contributed by atoms with Gasteiger partial charge in [-0.3, -0.25) is 0 Å². The Bertz CT molecular complexity index is 89.3. The summed E-state index contributed by atoms with van der Waals surface area (Å²) in [5.41, 5.74) is 0. The fourth-order valence-corrected chi connectivity index (χ4v) is 1.39. The molecule has 1 rings (SSSR count). The van der Waals surface area contributed by atoms with Gasteiger partial charge in [-0.25, -0.2) is 0 Å². The first-order chi connectivity index (χ1) is 4.83. The summed E-state index contributed by atoms with van der Waals surface area (Å²) >= 11 is 0. The quantitative estimate of drug-likeness (QED) is 0.633. The van der Waals surface area contributed by atoms with E-state index in [1.807, 2.05) is 6.92 Å². The van der Waals surface area contributed by atoms with E-state index in [1.54, 1.807) is 0 Å². The van der Waals surface area contributed by atoms with Gasteiger partial charge in [0.2, 0.25) is 0 Å². The summed E-state index contributed by atoms with van der Waals surface area (Å²) in [7, 11) is 0. The first kappa shape index (κ1) is 8.02. The number of β-amino-alcohol motifs (C(OH)–C–C–N with tert-alkyl or cyclic N) is 1. The summed E-state index contributed by atoms with van der Waals surface area (Å²) in [6.07, 6.45) is 3.42. The molecule has 0 bridgehead atoms. The molecule has 1 saturated heterocycles. The van der Waals surface area contributed by atoms with Gasteiger partial charge in [0.15, 0.2) is 0 Å². The van der Waals surface area contributed by atoms with Crippen LogP contribution in [0.3, 0.4) is 0 Å². The molecule has 0 spiro atoms. The maximum Gasteiger partial charge on any atom is 0.0664 e. The number of hydrogen-bond donors (Lipinski definition) is 1. The van der Waals surface area contributed by atoms with Crippen LogP contribution < -0.4 is 0 Å². The van der Waals surface area contributed by atoms with Crippen molar-refractivity contribution in [3.8, 4) is 0 Å². The minimum atomic E-state index is -0.0990. The molecule has 1 heterocycles. The maximum atomic E-state index is 9.28. The summed E-state index contributed by atoms with van der Waals surface area (Å²) in [4.78, 5) is 2.34. The van der Waals surface area contributed by atoms with E-state index in [4.69, 9.17) is 0 Å². The van der Waals surface area contributed by atoms with Gasteiger partial charge in [-0.1, -0.05) is 6.92 Å². The number of rotatable bonds is 3. The molecule has 0 radical (unpaired) electrons. The van der Waals surface area contributed by atoms with Crippen LogP contribution in [0.25, 0.3) is 0 Å². The van der Waals surface area contributed by atoms with Crippen LogP contribution in [0.5, 0.6) is 0 Å². The molecular weight excluding hydrogens is 126 g/mol. The monoisotopic (exact) mass is 143 g/mol. The lowest BCUT2D eigenvalue weighted by molar-refractivity contribution is 0.121. The normalized spacial score (nSPS) is 23.4. The van der Waals surface area contributed by atoms with Crippen molar-refractivity contribution in [2.45, 2.75) is 32.3 Å². The van der Waals surface area contributed by atoms with Crippen molar-refractivity contribution in [1.82, 2.24) is 4.90 Å². The zero-order valence-corrected chi connectivity index (χ0v) is 6.71. The third kappa shape index (κ3) is 2.27. The number of likely N-dealkylation sites (tertiary alicyclic amines) is 1. The molecule has 0 aromatic carbocycles. The van der Waals surface area contributed by atoms with E-state index >= 15 is 0 Å². The fourth-order valence-electron chi connectivity index (χ4n) is 1.39. The van der Waals surface area contributed by atoms with Crippen LogP contribution in [0.15, 0.2) is 0 Å². The van der Waals surface area contributed by atoms with Crippen molar-refractivity contribution in [1.29, 1.82) is 0 Å². The van der Waals surface area contributed by atoms with Crippen molar-refractivity contribution < 1.29 is 5.11 Å². The second-order valence-electron chi connectivity index (χ2n) is 3.07. The maximum absolute atomic E-state index is 9.28. The average molecular weight is 143 g/mol. The van der Waals surface area contributed by atoms with E-state index in [-0.39, 0.29) is 6.10 Å². The summed E-state index contributed by atoms with van der Waals surface area (Å²) in [5, 5.41) is 9.28. The minimum Gasteiger partial charge on any atom is -0.392 e. The molecule has 0 aromatic heterocycles. The highest BCUT2D eigenvalue weighted by Crippen LogP contribution is 2.08. The van der Waals surface area contributed by atoms with Crippen molar-refractivity contribution >= 4 is 0 Å². The lowest BCUT2D eigenvalue weighted by Gasteiger charge is -2.17. The SMILES string of the molecule is CCC(O)CN1CCCC1. The lowest BCUT2D eigenvalue weighted by Crippen LogP contribution is -2.29. The molecule has 1 aliphatic heterocycles. The van der Waals surface area contributed by atoms with E-state index < -0.39 is 0 Å². The number of aliphatic hydroxyl groups is 1. The van der Waals surface area contributed by atoms with Gasteiger partial charge in [0.1, 0.15) is 0 Å². The number of nitrogens with zero attached hydrogens (tertiary/aromatic N) is 1. The van der Waals surface area contributed by atoms with Crippen LogP contribution in [0.2, 0.25) is 0 Å². The highest BCUT2D eigenvalue weighted by Gasteiger charge is 2.13. The Morgan fingerprint density at radius 3 is 2.50 bits per heavy atom. The predicted molar refractivity (Wildman–Crippen MR) is 42.0 cm³/mol. The molecular formula is C8H17NO. The van der Waals surface area contributed by atoms with Gasteiger partial charge in [0, 0.05) is 6.54 Å². The molecule has 2 heteroatoms. The van der Waals surface area contributed by atoms with Gasteiger partial charge in [-0.15, -0.1) is 0 Å². The Morgan fingerprint density at radius 1 is 1.40 bits per heavy atom. The highest BCUT2D eigenvalue weighted by molar-refractivity contribution is 4.68. The van der Waals surface area contributed by atoms with Crippen LogP contribution >= 0.6 is 0 Å². The Balaban J connectivity index is 2.11. The Kier molecular flexibility index (Phi) is 3.16. The zero-order valence-electron chi connectivity index (χ0n) is 6.71. The van der Waals surface area contributed by atoms with Gasteiger partial charge >= 0.3 is 0 Å². The molecule has 2 nitrogen and oxygen atoms in total. The van der Waals surface area contributed by atoms with Crippen LogP contribution in [-0.4, -0.2) is 35.7 Å². The van der Waals surface area contributed by atoms with Crippen molar-refractivity contribution in [2.75, 3.05) is 19.6 Å². The standard InChI is InChI=1S/C8H17NO/c1-2-8(10)7-9-5-3-4-6-9/h8,10H,2-7H2,1H3. The van der Waals surface area contributed by atoms with Crippen LogP contribution in [0.4, 0.5) is 0 Å². The molecule has 0 aromatic rings. The van der Waals surface area contributed by atoms with Gasteiger partial charge in [0.05, 0.1) is 6.10 Å². The molecule has 10 heavy (non-hydrogen) atoms. The van der Waals surface area contributed by atoms with Crippen LogP contribution in [0, 0.1) is 0 Å². The lowest BCUT2D eigenvalue weighted by atomic mass is 10.3. The molecule has 1 fully saturated rings. The zero-order chi connectivity index (χ0) is 7.40. The molecule has 1 unspecified atom stereocenters. The smallest absolute Gasteiger partial charge is 0.0664 e. The molecule has 0 amide bonds. The first-order valence-corrected chi connectivity index (χ1v) is 4.23. The second kappa shape index (κ2) is 3.94. The minimum absolute atomic E-state index is 0.0990. The summed E-state index contributed by atoms with van der Waals surface area (Å²) in [6.45, 7) is 5.30. The van der Waals surface area contributed by atoms with E-state index in [0.717, 1.165) is 13.0 Å². The van der Waals surface area contributed by atoms with Crippen LogP contribution in [-0.2, 0) is 0 Å². The third-order valence-corrected chi connectivity index (χ3v) is 2.14. The molecule has 1 aliphatic rings. The van der Waals surface area contributed by atoms with Crippen molar-refractivity contribution in [3.05, 3.63) is 0 Å². The van der Waals surface area contributed by atoms with Gasteiger partial charge in [0.25, 0.3) is 0 Å². The number of hydrogen-bond acceptors (Lipinski definition) is 2. The Morgan fingerprint density at radius 2 is 2.00 bits per heavy atom. The average Bonchev–Trinajstić information content (AvgIpc) is 2.40. The first-order valence-electron chi connectivity index (χ1n) is 4.23. The molecule has 1 N–H and O–H groups in total. The van der Waals surface area contributed by atoms with Crippen LogP contribution in [0.1, 0.15) is 26.2 Å². The second-order valence-corrected chi connectivity index (χ2v) is 3.07. The summed E-state index contributed by atoms with van der Waals surface area (Å²) in [6, 6.07) is 0. The van der Waals surface area contributed by atoms with Crippen molar-refractivity contribution in [3.63, 3.8) is 0 Å². The van der Waals surface area contributed by atoms with E-state index in [9.17, 15) is 5.11 Å². The van der Waals surface area contributed by atoms with E-state index in [0.29, 0.717) is 0 Å². The summed E-state index contributed by atoms with van der Waals surface area (Å²) in [5.74, 6) is 0. The topological polar surface area (TPSA) is 23.5 Å². The molecule has 0 saturated carbocycles. The van der Waals surface area contributed by atoms with Gasteiger partial charge in [-0.05, 0) is 32.4 Å². The van der Waals surface area contributed by atoms with Gasteiger partial charge < -0.3 is 10.0 Å². The van der Waals surface area contributed by atoms with Crippen molar-refractivity contribution in [2.24, 2.45) is 0 Å². The Labute approximate surface area is 62.8 Å². The molecule has 0 aliphatic carbocycles. The van der Waals surface area contributed by atoms with E-state index in [1.165, 1.54) is 25.9 Å². The largest absolute Gasteiger partial charge is 0.392 e. The highest BCUT2D eigenvalue weighted by atomic mass is 16.3. The van der Waals surface area contributed by atoms with Gasteiger partial charge in [-0.2, -0.15) is 0 Å². The Hall–Kier alpha value is -0.0800.